The quantitative estimate of drug-likeness (QED) is 0.871. The summed E-state index contributed by atoms with van der Waals surface area (Å²) in [5, 5.41) is 4.48. The monoisotopic (exact) mass is 306 g/mol. The van der Waals surface area contributed by atoms with Crippen LogP contribution in [0.15, 0.2) is 28.9 Å². The van der Waals surface area contributed by atoms with Gasteiger partial charge in [-0.3, -0.25) is 4.79 Å². The Labute approximate surface area is 115 Å². The zero-order chi connectivity index (χ0) is 13.3. The van der Waals surface area contributed by atoms with Crippen molar-refractivity contribution in [2.24, 2.45) is 0 Å². The topological polar surface area (TPSA) is 34.9 Å². The summed E-state index contributed by atoms with van der Waals surface area (Å²) in [4.78, 5) is 11.3. The number of carbonyl (C=O) groups excluding carboxylic acids is 1. The fraction of sp³-hybridized carbons (Fsp3) is 0.286. The molecule has 0 N–H and O–H groups in total. The van der Waals surface area contributed by atoms with E-state index in [1.165, 1.54) is 5.56 Å². The predicted octanol–water partition coefficient (Wildman–Crippen LogP) is 3.38. The van der Waals surface area contributed by atoms with E-state index in [1.807, 2.05) is 42.8 Å². The molecular weight excluding hydrogens is 292 g/mol. The highest BCUT2D eigenvalue weighted by Gasteiger charge is 2.15. The number of hydrogen-bond donors (Lipinski definition) is 0. The van der Waals surface area contributed by atoms with Gasteiger partial charge in [0.15, 0.2) is 0 Å². The van der Waals surface area contributed by atoms with E-state index in [9.17, 15) is 4.79 Å². The average molecular weight is 307 g/mol. The summed E-state index contributed by atoms with van der Waals surface area (Å²) in [7, 11) is 0. The summed E-state index contributed by atoms with van der Waals surface area (Å²) in [6.07, 6.45) is 0.415. The van der Waals surface area contributed by atoms with Crippen molar-refractivity contribution in [3.8, 4) is 5.69 Å². The third kappa shape index (κ3) is 2.53. The van der Waals surface area contributed by atoms with Crippen molar-refractivity contribution >= 4 is 21.7 Å². The highest BCUT2D eigenvalue weighted by Crippen LogP contribution is 2.24. The lowest BCUT2D eigenvalue weighted by Gasteiger charge is -2.04. The Balaban J connectivity index is 2.46. The number of benzene rings is 1. The first-order chi connectivity index (χ1) is 8.49. The van der Waals surface area contributed by atoms with Crippen LogP contribution >= 0.6 is 15.9 Å². The van der Waals surface area contributed by atoms with E-state index in [2.05, 4.69) is 21.0 Å². The molecule has 0 aliphatic heterocycles. The molecule has 0 spiro atoms. The van der Waals surface area contributed by atoms with E-state index < -0.39 is 0 Å². The molecule has 4 heteroatoms. The maximum Gasteiger partial charge on any atom is 0.134 e. The van der Waals surface area contributed by atoms with Crippen LogP contribution in [0.2, 0.25) is 0 Å². The summed E-state index contributed by atoms with van der Waals surface area (Å²) in [6, 6.07) is 8.13. The number of aromatic nitrogens is 2. The van der Waals surface area contributed by atoms with Gasteiger partial charge in [-0.15, -0.1) is 0 Å². The molecule has 94 valence electrons. The van der Waals surface area contributed by atoms with Crippen molar-refractivity contribution in [2.75, 3.05) is 0 Å². The summed E-state index contributed by atoms with van der Waals surface area (Å²) >= 11 is 3.53. The van der Waals surface area contributed by atoms with Crippen molar-refractivity contribution in [1.29, 1.82) is 0 Å². The van der Waals surface area contributed by atoms with Gasteiger partial charge >= 0.3 is 0 Å². The first kappa shape index (κ1) is 13.0. The maximum atomic E-state index is 11.3. The average Bonchev–Trinajstić information content (AvgIpc) is 2.58. The number of rotatable bonds is 3. The van der Waals surface area contributed by atoms with Gasteiger partial charge in [-0.2, -0.15) is 5.10 Å². The molecule has 2 rings (SSSR count). The van der Waals surface area contributed by atoms with Gasteiger partial charge in [0, 0.05) is 12.0 Å². The molecule has 0 aliphatic carbocycles. The molecule has 0 aliphatic rings. The van der Waals surface area contributed by atoms with Crippen molar-refractivity contribution < 1.29 is 4.79 Å². The fourth-order valence-corrected chi connectivity index (χ4v) is 2.55. The zero-order valence-corrected chi connectivity index (χ0v) is 12.3. The van der Waals surface area contributed by atoms with Crippen LogP contribution in [0, 0.1) is 13.8 Å². The number of hydrogen-bond acceptors (Lipinski definition) is 2. The molecule has 0 atom stereocenters. The molecule has 0 saturated heterocycles. The molecular formula is C14H15BrN2O. The van der Waals surface area contributed by atoms with Gasteiger partial charge in [-0.05, 0) is 48.8 Å². The number of nitrogens with zero attached hydrogens (tertiary/aromatic N) is 2. The van der Waals surface area contributed by atoms with Crippen LogP contribution in [0.5, 0.6) is 0 Å². The largest absolute Gasteiger partial charge is 0.300 e. The highest BCUT2D eigenvalue weighted by molar-refractivity contribution is 9.10. The molecule has 2 aromatic rings. The van der Waals surface area contributed by atoms with Gasteiger partial charge in [0.05, 0.1) is 11.4 Å². The number of carbonyl (C=O) groups is 1. The minimum atomic E-state index is 0.141. The fourth-order valence-electron chi connectivity index (χ4n) is 1.84. The lowest BCUT2D eigenvalue weighted by atomic mass is 10.1. The van der Waals surface area contributed by atoms with Crippen LogP contribution in [-0.2, 0) is 11.2 Å². The lowest BCUT2D eigenvalue weighted by molar-refractivity contribution is -0.116. The van der Waals surface area contributed by atoms with Gasteiger partial charge in [0.25, 0.3) is 0 Å². The van der Waals surface area contributed by atoms with E-state index in [1.54, 1.807) is 6.92 Å². The number of ketones is 1. The Morgan fingerprint density at radius 3 is 2.44 bits per heavy atom. The molecule has 0 unspecified atom stereocenters. The Morgan fingerprint density at radius 1 is 1.28 bits per heavy atom. The van der Waals surface area contributed by atoms with E-state index >= 15 is 0 Å². The second-order valence-electron chi connectivity index (χ2n) is 4.48. The van der Waals surface area contributed by atoms with Crippen LogP contribution in [0.25, 0.3) is 5.69 Å². The summed E-state index contributed by atoms with van der Waals surface area (Å²) in [5.74, 6) is 0.141. The Kier molecular flexibility index (Phi) is 3.66. The minimum absolute atomic E-state index is 0.141. The van der Waals surface area contributed by atoms with E-state index in [0.717, 1.165) is 21.5 Å². The normalized spacial score (nSPS) is 10.7. The van der Waals surface area contributed by atoms with E-state index in [-0.39, 0.29) is 5.78 Å². The van der Waals surface area contributed by atoms with Crippen LogP contribution in [0.3, 0.4) is 0 Å². The van der Waals surface area contributed by atoms with Crippen LogP contribution in [0.4, 0.5) is 0 Å². The van der Waals surface area contributed by atoms with Crippen LogP contribution in [-0.4, -0.2) is 15.6 Å². The molecule has 0 saturated carbocycles. The first-order valence-electron chi connectivity index (χ1n) is 5.79. The maximum absolute atomic E-state index is 11.3. The van der Waals surface area contributed by atoms with Crippen molar-refractivity contribution in [3.05, 3.63) is 45.7 Å². The van der Waals surface area contributed by atoms with Gasteiger partial charge < -0.3 is 0 Å². The Hall–Kier alpha value is -1.42. The molecule has 1 heterocycles. The Morgan fingerprint density at radius 2 is 1.89 bits per heavy atom. The molecule has 0 amide bonds. The number of halogens is 1. The molecule has 0 radical (unpaired) electrons. The number of aryl methyl sites for hydroxylation is 2. The third-order valence-electron chi connectivity index (χ3n) is 2.83. The molecule has 3 nitrogen and oxygen atoms in total. The molecule has 0 bridgehead atoms. The minimum Gasteiger partial charge on any atom is -0.300 e. The van der Waals surface area contributed by atoms with Crippen molar-refractivity contribution in [3.63, 3.8) is 0 Å². The van der Waals surface area contributed by atoms with Crippen molar-refractivity contribution in [1.82, 2.24) is 9.78 Å². The van der Waals surface area contributed by atoms with Crippen LogP contribution < -0.4 is 0 Å². The van der Waals surface area contributed by atoms with Gasteiger partial charge in [0.1, 0.15) is 10.4 Å². The van der Waals surface area contributed by atoms with Gasteiger partial charge in [0.2, 0.25) is 0 Å². The smallest absolute Gasteiger partial charge is 0.134 e. The predicted molar refractivity (Wildman–Crippen MR) is 75.1 cm³/mol. The molecule has 18 heavy (non-hydrogen) atoms. The third-order valence-corrected chi connectivity index (χ3v) is 3.64. The molecule has 1 aromatic heterocycles. The zero-order valence-electron chi connectivity index (χ0n) is 10.7. The second-order valence-corrected chi connectivity index (χ2v) is 5.23. The summed E-state index contributed by atoms with van der Waals surface area (Å²) in [5.41, 5.74) is 4.05. The molecule has 0 fully saturated rings. The standard InChI is InChI=1S/C14H15BrN2O/c1-9-4-6-12(7-5-9)17-14(15)13(8-10(2)18)11(3)16-17/h4-7H,8H2,1-3H3. The first-order valence-corrected chi connectivity index (χ1v) is 6.59. The summed E-state index contributed by atoms with van der Waals surface area (Å²) in [6.45, 7) is 5.57. The van der Waals surface area contributed by atoms with Gasteiger partial charge in [-0.25, -0.2) is 4.68 Å². The summed E-state index contributed by atoms with van der Waals surface area (Å²) < 4.78 is 2.69. The van der Waals surface area contributed by atoms with E-state index in [4.69, 9.17) is 0 Å². The second kappa shape index (κ2) is 5.06. The lowest BCUT2D eigenvalue weighted by Crippen LogP contribution is -1.99. The van der Waals surface area contributed by atoms with Crippen molar-refractivity contribution in [2.45, 2.75) is 27.2 Å². The Bertz CT molecular complexity index is 585. The SMILES string of the molecule is CC(=O)Cc1c(C)nn(-c2ccc(C)cc2)c1Br. The van der Waals surface area contributed by atoms with Gasteiger partial charge in [-0.1, -0.05) is 17.7 Å². The highest BCUT2D eigenvalue weighted by atomic mass is 79.9. The van der Waals surface area contributed by atoms with Crippen LogP contribution in [0.1, 0.15) is 23.7 Å². The number of Topliss-reactive ketones (excluding diaryl/α,β-unsaturated/α-hetero) is 1. The molecule has 1 aromatic carbocycles. The van der Waals surface area contributed by atoms with E-state index in [0.29, 0.717) is 6.42 Å².